The van der Waals surface area contributed by atoms with Crippen molar-refractivity contribution in [3.63, 3.8) is 0 Å². The van der Waals surface area contributed by atoms with E-state index in [4.69, 9.17) is 4.74 Å². The lowest BCUT2D eigenvalue weighted by Crippen LogP contribution is -2.23. The van der Waals surface area contributed by atoms with Crippen LogP contribution in [-0.2, 0) is 4.79 Å². The van der Waals surface area contributed by atoms with Crippen molar-refractivity contribution in [2.24, 2.45) is 0 Å². The van der Waals surface area contributed by atoms with E-state index in [1.54, 1.807) is 19.1 Å². The number of nitrogens with zero attached hydrogens (tertiary/aromatic N) is 1. The normalized spacial score (nSPS) is 9.75. The van der Waals surface area contributed by atoms with Gasteiger partial charge in [0.25, 0.3) is 0 Å². The highest BCUT2D eigenvalue weighted by molar-refractivity contribution is 6.00. The summed E-state index contributed by atoms with van der Waals surface area (Å²) < 4.78 is 5.27. The Bertz CT molecular complexity index is 401. The number of carbonyl (C=O) groups is 1. The average Bonchev–Trinajstić information content (AvgIpc) is 2.26. The molecule has 1 amide bonds. The molecule has 0 fully saturated rings. The Kier molecular flexibility index (Phi) is 3.72. The minimum Gasteiger partial charge on any atom is -0.496 e. The number of carbonyl (C=O) groups excluding carboxylic acids is 1. The second-order valence-electron chi connectivity index (χ2n) is 3.71. The summed E-state index contributed by atoms with van der Waals surface area (Å²) in [6.45, 7) is 7.39. The molecule has 86 valence electrons. The van der Waals surface area contributed by atoms with Gasteiger partial charge in [0.15, 0.2) is 0 Å². The minimum atomic E-state index is -0.121. The zero-order chi connectivity index (χ0) is 12.3. The van der Waals surface area contributed by atoms with Crippen molar-refractivity contribution in [1.82, 2.24) is 0 Å². The average molecular weight is 219 g/mol. The summed E-state index contributed by atoms with van der Waals surface area (Å²) in [4.78, 5) is 13.0. The van der Waals surface area contributed by atoms with Crippen LogP contribution in [0.3, 0.4) is 0 Å². The van der Waals surface area contributed by atoms with Crippen molar-refractivity contribution in [3.05, 3.63) is 35.9 Å². The van der Waals surface area contributed by atoms with Gasteiger partial charge in [-0.3, -0.25) is 4.79 Å². The number of ether oxygens (including phenoxy) is 1. The van der Waals surface area contributed by atoms with Gasteiger partial charge in [0, 0.05) is 12.7 Å². The molecule has 16 heavy (non-hydrogen) atoms. The lowest BCUT2D eigenvalue weighted by molar-refractivity contribution is -0.113. The Hall–Kier alpha value is -1.77. The highest BCUT2D eigenvalue weighted by Gasteiger charge is 2.11. The van der Waals surface area contributed by atoms with Crippen molar-refractivity contribution in [3.8, 4) is 5.75 Å². The molecule has 0 heterocycles. The topological polar surface area (TPSA) is 29.5 Å². The maximum absolute atomic E-state index is 11.5. The van der Waals surface area contributed by atoms with Gasteiger partial charge in [-0.15, -0.1) is 0 Å². The highest BCUT2D eigenvalue weighted by atomic mass is 16.5. The fourth-order valence-corrected chi connectivity index (χ4v) is 1.71. The smallest absolute Gasteiger partial charge is 0.250 e. The molecule has 1 rings (SSSR count). The molecule has 0 atom stereocenters. The largest absolute Gasteiger partial charge is 0.496 e. The Labute approximate surface area is 96.3 Å². The molecule has 0 unspecified atom stereocenters. The number of likely N-dealkylation sites (N-methyl/N-ethyl adjacent to an activating group) is 1. The molecular formula is C13H17NO2. The first-order valence-electron chi connectivity index (χ1n) is 5.06. The Morgan fingerprint density at radius 3 is 2.25 bits per heavy atom. The van der Waals surface area contributed by atoms with Crippen LogP contribution in [0.1, 0.15) is 11.1 Å². The van der Waals surface area contributed by atoms with Crippen LogP contribution < -0.4 is 9.64 Å². The maximum Gasteiger partial charge on any atom is 0.250 e. The SMILES string of the molecule is C=CC(=O)N(C)c1cc(C)c(OC)c(C)c1. The van der Waals surface area contributed by atoms with E-state index in [9.17, 15) is 4.79 Å². The highest BCUT2D eigenvalue weighted by Crippen LogP contribution is 2.28. The summed E-state index contributed by atoms with van der Waals surface area (Å²) in [7, 11) is 3.37. The summed E-state index contributed by atoms with van der Waals surface area (Å²) in [6.07, 6.45) is 1.30. The quantitative estimate of drug-likeness (QED) is 0.731. The van der Waals surface area contributed by atoms with Crippen molar-refractivity contribution in [1.29, 1.82) is 0 Å². The summed E-state index contributed by atoms with van der Waals surface area (Å²) in [6, 6.07) is 3.85. The molecule has 0 saturated carbocycles. The third-order valence-electron chi connectivity index (χ3n) is 2.54. The van der Waals surface area contributed by atoms with Crippen LogP contribution in [0.15, 0.2) is 24.8 Å². The number of rotatable bonds is 3. The van der Waals surface area contributed by atoms with Gasteiger partial charge in [-0.1, -0.05) is 6.58 Å². The maximum atomic E-state index is 11.5. The van der Waals surface area contributed by atoms with E-state index in [1.807, 2.05) is 26.0 Å². The summed E-state index contributed by atoms with van der Waals surface area (Å²) in [5.74, 6) is 0.743. The third kappa shape index (κ3) is 2.24. The fourth-order valence-electron chi connectivity index (χ4n) is 1.71. The van der Waals surface area contributed by atoms with Gasteiger partial charge in [-0.05, 0) is 43.2 Å². The number of hydrogen-bond donors (Lipinski definition) is 0. The first kappa shape index (κ1) is 12.3. The zero-order valence-electron chi connectivity index (χ0n) is 10.2. The molecule has 0 aliphatic rings. The molecule has 0 N–H and O–H groups in total. The number of aryl methyl sites for hydroxylation is 2. The van der Waals surface area contributed by atoms with Gasteiger partial charge >= 0.3 is 0 Å². The second kappa shape index (κ2) is 4.84. The van der Waals surface area contributed by atoms with E-state index in [0.29, 0.717) is 0 Å². The van der Waals surface area contributed by atoms with Crippen LogP contribution in [-0.4, -0.2) is 20.1 Å². The monoisotopic (exact) mass is 219 g/mol. The van der Waals surface area contributed by atoms with Crippen molar-refractivity contribution >= 4 is 11.6 Å². The van der Waals surface area contributed by atoms with E-state index in [2.05, 4.69) is 6.58 Å². The Morgan fingerprint density at radius 2 is 1.88 bits per heavy atom. The van der Waals surface area contributed by atoms with Crippen LogP contribution >= 0.6 is 0 Å². The van der Waals surface area contributed by atoms with Crippen molar-refractivity contribution < 1.29 is 9.53 Å². The van der Waals surface area contributed by atoms with E-state index in [0.717, 1.165) is 22.6 Å². The molecule has 0 aromatic heterocycles. The van der Waals surface area contributed by atoms with Gasteiger partial charge in [0.2, 0.25) is 5.91 Å². The van der Waals surface area contributed by atoms with Crippen LogP contribution in [0.4, 0.5) is 5.69 Å². The zero-order valence-corrected chi connectivity index (χ0v) is 10.2. The number of anilines is 1. The molecule has 0 bridgehead atoms. The van der Waals surface area contributed by atoms with Gasteiger partial charge < -0.3 is 9.64 Å². The molecule has 0 aliphatic heterocycles. The van der Waals surface area contributed by atoms with Crippen LogP contribution in [0.5, 0.6) is 5.75 Å². The molecule has 0 radical (unpaired) electrons. The second-order valence-corrected chi connectivity index (χ2v) is 3.71. The molecule has 0 aliphatic carbocycles. The lowest BCUT2D eigenvalue weighted by atomic mass is 10.1. The number of benzene rings is 1. The molecule has 3 nitrogen and oxygen atoms in total. The third-order valence-corrected chi connectivity index (χ3v) is 2.54. The van der Waals surface area contributed by atoms with E-state index >= 15 is 0 Å². The predicted octanol–water partition coefficient (Wildman–Crippen LogP) is 2.46. The molecule has 0 spiro atoms. The van der Waals surface area contributed by atoms with Gasteiger partial charge in [0.05, 0.1) is 7.11 Å². The molecule has 3 heteroatoms. The van der Waals surface area contributed by atoms with E-state index < -0.39 is 0 Å². The fraction of sp³-hybridized carbons (Fsp3) is 0.308. The number of methoxy groups -OCH3 is 1. The van der Waals surface area contributed by atoms with Crippen LogP contribution in [0, 0.1) is 13.8 Å². The van der Waals surface area contributed by atoms with Crippen molar-refractivity contribution in [2.75, 3.05) is 19.1 Å². The van der Waals surface area contributed by atoms with Gasteiger partial charge in [0.1, 0.15) is 5.75 Å². The Balaban J connectivity index is 3.18. The van der Waals surface area contributed by atoms with Crippen LogP contribution in [0.25, 0.3) is 0 Å². The number of amides is 1. The summed E-state index contributed by atoms with van der Waals surface area (Å²) in [5.41, 5.74) is 2.88. The summed E-state index contributed by atoms with van der Waals surface area (Å²) >= 11 is 0. The van der Waals surface area contributed by atoms with Gasteiger partial charge in [-0.25, -0.2) is 0 Å². The predicted molar refractivity (Wildman–Crippen MR) is 66.1 cm³/mol. The molecule has 1 aromatic carbocycles. The standard InChI is InChI=1S/C13H17NO2/c1-6-12(15)14(4)11-7-9(2)13(16-5)10(3)8-11/h6-8H,1H2,2-5H3. The van der Waals surface area contributed by atoms with Crippen molar-refractivity contribution in [2.45, 2.75) is 13.8 Å². The molecular weight excluding hydrogens is 202 g/mol. The molecule has 0 saturated heterocycles. The van der Waals surface area contributed by atoms with Gasteiger partial charge in [-0.2, -0.15) is 0 Å². The number of hydrogen-bond acceptors (Lipinski definition) is 2. The van der Waals surface area contributed by atoms with E-state index in [1.165, 1.54) is 6.08 Å². The van der Waals surface area contributed by atoms with Crippen LogP contribution in [0.2, 0.25) is 0 Å². The summed E-state index contributed by atoms with van der Waals surface area (Å²) in [5, 5.41) is 0. The first-order chi connectivity index (χ1) is 7.51. The Morgan fingerprint density at radius 1 is 1.38 bits per heavy atom. The molecule has 1 aromatic rings. The first-order valence-corrected chi connectivity index (χ1v) is 5.06. The lowest BCUT2D eigenvalue weighted by Gasteiger charge is -2.18. The van der Waals surface area contributed by atoms with E-state index in [-0.39, 0.29) is 5.91 Å². The minimum absolute atomic E-state index is 0.121.